The van der Waals surface area contributed by atoms with Gasteiger partial charge in [-0.2, -0.15) is 0 Å². The SMILES string of the molecule is CC(C)S(=O)(=O)c1ccc2c(c1)nc(CC1(C)CCCC1)n2CC1CC1. The van der Waals surface area contributed by atoms with Crippen LogP contribution in [-0.2, 0) is 22.8 Å². The Balaban J connectivity index is 1.77. The summed E-state index contributed by atoms with van der Waals surface area (Å²) in [6, 6.07) is 5.53. The third kappa shape index (κ3) is 3.30. The van der Waals surface area contributed by atoms with Gasteiger partial charge in [0.2, 0.25) is 0 Å². The molecule has 26 heavy (non-hydrogen) atoms. The lowest BCUT2D eigenvalue weighted by atomic mass is 9.85. The fourth-order valence-corrected chi connectivity index (χ4v) is 5.37. The highest BCUT2D eigenvalue weighted by atomic mass is 32.2. The molecule has 4 nitrogen and oxygen atoms in total. The van der Waals surface area contributed by atoms with Crippen LogP contribution in [0.1, 0.15) is 65.1 Å². The van der Waals surface area contributed by atoms with E-state index in [1.807, 2.05) is 6.07 Å². The third-order valence-electron chi connectivity index (χ3n) is 6.28. The van der Waals surface area contributed by atoms with Crippen LogP contribution in [0.2, 0.25) is 0 Å². The zero-order valence-electron chi connectivity index (χ0n) is 16.2. The van der Waals surface area contributed by atoms with Crippen LogP contribution < -0.4 is 0 Å². The lowest BCUT2D eigenvalue weighted by Gasteiger charge is -2.23. The van der Waals surface area contributed by atoms with E-state index in [-0.39, 0.29) is 0 Å². The molecular weight excluding hydrogens is 344 g/mol. The number of fused-ring (bicyclic) bond motifs is 1. The van der Waals surface area contributed by atoms with Gasteiger partial charge in [-0.25, -0.2) is 13.4 Å². The van der Waals surface area contributed by atoms with E-state index in [1.165, 1.54) is 38.5 Å². The number of sulfone groups is 1. The van der Waals surface area contributed by atoms with E-state index >= 15 is 0 Å². The molecule has 0 aliphatic heterocycles. The van der Waals surface area contributed by atoms with Crippen molar-refractivity contribution in [3.8, 4) is 0 Å². The summed E-state index contributed by atoms with van der Waals surface area (Å²) in [7, 11) is -3.27. The Morgan fingerprint density at radius 2 is 1.92 bits per heavy atom. The number of imidazole rings is 1. The van der Waals surface area contributed by atoms with Gasteiger partial charge in [-0.1, -0.05) is 19.8 Å². The van der Waals surface area contributed by atoms with E-state index in [0.29, 0.717) is 10.3 Å². The normalized spacial score (nSPS) is 20.3. The first-order valence-electron chi connectivity index (χ1n) is 10.0. The molecule has 0 saturated heterocycles. The number of rotatable bonds is 6. The van der Waals surface area contributed by atoms with Crippen LogP contribution in [-0.4, -0.2) is 23.2 Å². The summed E-state index contributed by atoms with van der Waals surface area (Å²) in [4.78, 5) is 5.33. The number of hydrogen-bond acceptors (Lipinski definition) is 3. The van der Waals surface area contributed by atoms with Gasteiger partial charge in [-0.15, -0.1) is 0 Å². The van der Waals surface area contributed by atoms with Crippen molar-refractivity contribution in [1.29, 1.82) is 0 Å². The molecule has 0 radical (unpaired) electrons. The molecule has 0 bridgehead atoms. The van der Waals surface area contributed by atoms with Gasteiger partial charge in [0.25, 0.3) is 0 Å². The minimum atomic E-state index is -3.27. The molecular formula is C21H30N2O2S. The zero-order chi connectivity index (χ0) is 18.5. The maximum atomic E-state index is 12.6. The second-order valence-electron chi connectivity index (χ2n) is 9.02. The van der Waals surface area contributed by atoms with Crippen LogP contribution in [0, 0.1) is 11.3 Å². The predicted molar refractivity (Wildman–Crippen MR) is 105 cm³/mol. The molecule has 2 fully saturated rings. The van der Waals surface area contributed by atoms with E-state index in [4.69, 9.17) is 4.98 Å². The number of benzene rings is 1. The quantitative estimate of drug-likeness (QED) is 0.733. The second kappa shape index (κ2) is 6.36. The highest BCUT2D eigenvalue weighted by Crippen LogP contribution is 2.41. The smallest absolute Gasteiger partial charge is 0.180 e. The lowest BCUT2D eigenvalue weighted by molar-refractivity contribution is 0.321. The molecule has 1 aromatic heterocycles. The number of aromatic nitrogens is 2. The van der Waals surface area contributed by atoms with Crippen molar-refractivity contribution in [2.45, 2.75) is 82.4 Å². The van der Waals surface area contributed by atoms with Crippen LogP contribution in [0.3, 0.4) is 0 Å². The first-order chi connectivity index (χ1) is 12.3. The summed E-state index contributed by atoms with van der Waals surface area (Å²) >= 11 is 0. The summed E-state index contributed by atoms with van der Waals surface area (Å²) in [6.45, 7) is 6.88. The van der Waals surface area contributed by atoms with Gasteiger partial charge in [0.05, 0.1) is 21.2 Å². The Bertz CT molecular complexity index is 917. The predicted octanol–water partition coefficient (Wildman–Crippen LogP) is 4.75. The lowest BCUT2D eigenvalue weighted by Crippen LogP contribution is -2.18. The standard InChI is InChI=1S/C21H30N2O2S/c1-15(2)26(24,25)17-8-9-19-18(12-17)22-20(23(19)14-16-6-7-16)13-21(3)10-4-5-11-21/h8-9,12,15-16H,4-7,10-11,13-14H2,1-3H3. The molecule has 2 aliphatic rings. The van der Waals surface area contributed by atoms with Gasteiger partial charge in [0.15, 0.2) is 9.84 Å². The van der Waals surface area contributed by atoms with Crippen molar-refractivity contribution in [1.82, 2.24) is 9.55 Å². The molecule has 2 aromatic rings. The highest BCUT2D eigenvalue weighted by Gasteiger charge is 2.32. The van der Waals surface area contributed by atoms with E-state index < -0.39 is 15.1 Å². The van der Waals surface area contributed by atoms with Gasteiger partial charge < -0.3 is 4.57 Å². The average molecular weight is 375 g/mol. The summed E-state index contributed by atoms with van der Waals surface area (Å²) in [6.07, 6.45) is 8.78. The van der Waals surface area contributed by atoms with Gasteiger partial charge in [-0.05, 0) is 69.1 Å². The Morgan fingerprint density at radius 3 is 2.54 bits per heavy atom. The van der Waals surface area contributed by atoms with Crippen molar-refractivity contribution in [2.24, 2.45) is 11.3 Å². The second-order valence-corrected chi connectivity index (χ2v) is 11.5. The van der Waals surface area contributed by atoms with E-state index in [2.05, 4.69) is 11.5 Å². The Kier molecular flexibility index (Phi) is 4.41. The first kappa shape index (κ1) is 18.0. The molecule has 0 N–H and O–H groups in total. The molecule has 1 heterocycles. The molecule has 0 unspecified atom stereocenters. The van der Waals surface area contributed by atoms with E-state index in [1.54, 1.807) is 26.0 Å². The molecule has 2 saturated carbocycles. The van der Waals surface area contributed by atoms with Crippen molar-refractivity contribution < 1.29 is 8.42 Å². The molecule has 5 heteroatoms. The zero-order valence-corrected chi connectivity index (χ0v) is 17.0. The topological polar surface area (TPSA) is 52.0 Å². The van der Waals surface area contributed by atoms with Crippen LogP contribution in [0.5, 0.6) is 0 Å². The molecule has 0 spiro atoms. The minimum Gasteiger partial charge on any atom is -0.328 e. The van der Waals surface area contributed by atoms with Gasteiger partial charge >= 0.3 is 0 Å². The Morgan fingerprint density at radius 1 is 1.23 bits per heavy atom. The van der Waals surface area contributed by atoms with Crippen LogP contribution in [0.15, 0.2) is 23.1 Å². The molecule has 142 valence electrons. The number of nitrogens with zero attached hydrogens (tertiary/aromatic N) is 2. The highest BCUT2D eigenvalue weighted by molar-refractivity contribution is 7.92. The largest absolute Gasteiger partial charge is 0.328 e. The summed E-state index contributed by atoms with van der Waals surface area (Å²) in [5, 5.41) is -0.412. The van der Waals surface area contributed by atoms with E-state index in [9.17, 15) is 8.42 Å². The fraction of sp³-hybridized carbons (Fsp3) is 0.667. The van der Waals surface area contributed by atoms with Crippen molar-refractivity contribution >= 4 is 20.9 Å². The van der Waals surface area contributed by atoms with Gasteiger partial charge in [0, 0.05) is 13.0 Å². The summed E-state index contributed by atoms with van der Waals surface area (Å²) in [5.74, 6) is 1.91. The van der Waals surface area contributed by atoms with Crippen molar-refractivity contribution in [3.05, 3.63) is 24.0 Å². The molecule has 0 atom stereocenters. The molecule has 0 amide bonds. The summed E-state index contributed by atoms with van der Waals surface area (Å²) < 4.78 is 27.5. The van der Waals surface area contributed by atoms with Crippen LogP contribution in [0.25, 0.3) is 11.0 Å². The Hall–Kier alpha value is -1.36. The third-order valence-corrected chi connectivity index (χ3v) is 8.43. The first-order valence-corrected chi connectivity index (χ1v) is 11.6. The van der Waals surface area contributed by atoms with Crippen LogP contribution >= 0.6 is 0 Å². The van der Waals surface area contributed by atoms with Gasteiger partial charge in [-0.3, -0.25) is 0 Å². The summed E-state index contributed by atoms with van der Waals surface area (Å²) in [5.41, 5.74) is 2.27. The van der Waals surface area contributed by atoms with Crippen molar-refractivity contribution in [2.75, 3.05) is 0 Å². The maximum absolute atomic E-state index is 12.6. The minimum absolute atomic E-state index is 0.343. The number of hydrogen-bond donors (Lipinski definition) is 0. The average Bonchev–Trinajstić information content (AvgIpc) is 3.21. The fourth-order valence-electron chi connectivity index (χ4n) is 4.29. The van der Waals surface area contributed by atoms with Gasteiger partial charge in [0.1, 0.15) is 5.82 Å². The maximum Gasteiger partial charge on any atom is 0.180 e. The Labute approximate surface area is 156 Å². The molecule has 1 aromatic carbocycles. The monoisotopic (exact) mass is 374 g/mol. The van der Waals surface area contributed by atoms with E-state index in [0.717, 1.165) is 35.7 Å². The van der Waals surface area contributed by atoms with Crippen molar-refractivity contribution in [3.63, 3.8) is 0 Å². The molecule has 4 rings (SSSR count). The van der Waals surface area contributed by atoms with Crippen LogP contribution in [0.4, 0.5) is 0 Å². The molecule has 2 aliphatic carbocycles.